The largest absolute Gasteiger partial charge is 0.453 e. The highest BCUT2D eigenvalue weighted by atomic mass is 32.1. The zero-order chi connectivity index (χ0) is 21.1. The van der Waals surface area contributed by atoms with E-state index in [2.05, 4.69) is 10.3 Å². The number of para-hydroxylation sites is 1. The molecule has 4 aromatic rings. The van der Waals surface area contributed by atoms with Crippen molar-refractivity contribution in [2.75, 3.05) is 6.61 Å². The monoisotopic (exact) mass is 456 g/mol. The van der Waals surface area contributed by atoms with E-state index < -0.39 is 5.97 Å². The lowest BCUT2D eigenvalue weighted by Gasteiger charge is -2.01. The van der Waals surface area contributed by atoms with Gasteiger partial charge in [0, 0.05) is 11.8 Å². The van der Waals surface area contributed by atoms with E-state index in [1.165, 1.54) is 29.6 Å². The molecule has 0 atom stereocenters. The SMILES string of the molecule is CC(=O)NCc1ccc(C(=O)COC(=O)c2ccc(-c3nc4ccccc4s3)s2)s1. The highest BCUT2D eigenvalue weighted by molar-refractivity contribution is 7.26. The maximum absolute atomic E-state index is 12.4. The van der Waals surface area contributed by atoms with Crippen LogP contribution >= 0.6 is 34.0 Å². The van der Waals surface area contributed by atoms with Crippen molar-refractivity contribution in [3.05, 3.63) is 63.2 Å². The summed E-state index contributed by atoms with van der Waals surface area (Å²) >= 11 is 4.14. The third-order valence-corrected chi connectivity index (χ3v) is 7.49. The van der Waals surface area contributed by atoms with E-state index in [4.69, 9.17) is 4.74 Å². The molecule has 0 saturated carbocycles. The van der Waals surface area contributed by atoms with Gasteiger partial charge in [-0.25, -0.2) is 9.78 Å². The standard InChI is InChI=1S/C21H16N2O4S3/c1-12(24)22-10-13-6-7-17(28-13)15(25)11-27-21(26)19-9-8-18(29-19)20-23-14-4-2-3-5-16(14)30-20/h2-9H,10-11H2,1H3,(H,22,24). The number of carbonyl (C=O) groups is 3. The molecule has 0 radical (unpaired) electrons. The highest BCUT2D eigenvalue weighted by Crippen LogP contribution is 2.34. The average molecular weight is 457 g/mol. The van der Waals surface area contributed by atoms with Crippen molar-refractivity contribution >= 4 is 61.9 Å². The van der Waals surface area contributed by atoms with Gasteiger partial charge in [0.05, 0.1) is 26.5 Å². The van der Waals surface area contributed by atoms with Gasteiger partial charge in [-0.15, -0.1) is 34.0 Å². The van der Waals surface area contributed by atoms with E-state index >= 15 is 0 Å². The number of ketones is 1. The molecule has 1 aromatic carbocycles. The van der Waals surface area contributed by atoms with E-state index in [1.54, 1.807) is 29.5 Å². The van der Waals surface area contributed by atoms with Gasteiger partial charge in [0.15, 0.2) is 6.61 Å². The summed E-state index contributed by atoms with van der Waals surface area (Å²) in [4.78, 5) is 42.9. The number of amides is 1. The number of hydrogen-bond acceptors (Lipinski definition) is 8. The van der Waals surface area contributed by atoms with Crippen LogP contribution in [0.5, 0.6) is 0 Å². The Kier molecular flexibility index (Phi) is 6.03. The summed E-state index contributed by atoms with van der Waals surface area (Å²) in [6, 6.07) is 14.9. The predicted molar refractivity (Wildman–Crippen MR) is 119 cm³/mol. The van der Waals surface area contributed by atoms with Crippen molar-refractivity contribution < 1.29 is 19.1 Å². The second-order valence-corrected chi connectivity index (χ2v) is 9.61. The van der Waals surface area contributed by atoms with Crippen LogP contribution in [0.2, 0.25) is 0 Å². The quantitative estimate of drug-likeness (QED) is 0.320. The molecule has 0 fully saturated rings. The maximum atomic E-state index is 12.4. The molecule has 1 N–H and O–H groups in total. The summed E-state index contributed by atoms with van der Waals surface area (Å²) in [5.41, 5.74) is 0.925. The number of Topliss-reactive ketones (excluding diaryl/α,β-unsaturated/α-hetero) is 1. The van der Waals surface area contributed by atoms with E-state index in [1.807, 2.05) is 30.3 Å². The van der Waals surface area contributed by atoms with Gasteiger partial charge in [-0.05, 0) is 36.4 Å². The van der Waals surface area contributed by atoms with Gasteiger partial charge < -0.3 is 10.1 Å². The van der Waals surface area contributed by atoms with Crippen molar-refractivity contribution in [2.45, 2.75) is 13.5 Å². The molecular weight excluding hydrogens is 440 g/mol. The molecule has 3 aromatic heterocycles. The van der Waals surface area contributed by atoms with Crippen LogP contribution < -0.4 is 5.32 Å². The number of rotatable bonds is 7. The van der Waals surface area contributed by atoms with Crippen LogP contribution in [-0.4, -0.2) is 29.3 Å². The van der Waals surface area contributed by atoms with Crippen molar-refractivity contribution in [1.29, 1.82) is 0 Å². The minimum Gasteiger partial charge on any atom is -0.453 e. The van der Waals surface area contributed by atoms with E-state index in [0.29, 0.717) is 16.3 Å². The van der Waals surface area contributed by atoms with Gasteiger partial charge in [-0.2, -0.15) is 0 Å². The molecular formula is C21H16N2O4S3. The number of ether oxygens (including phenoxy) is 1. The first-order chi connectivity index (χ1) is 14.5. The summed E-state index contributed by atoms with van der Waals surface area (Å²) in [6.45, 7) is 1.48. The van der Waals surface area contributed by atoms with Crippen LogP contribution in [0.1, 0.15) is 31.1 Å². The van der Waals surface area contributed by atoms with E-state index in [0.717, 1.165) is 25.0 Å². The van der Waals surface area contributed by atoms with Crippen LogP contribution in [0.3, 0.4) is 0 Å². The maximum Gasteiger partial charge on any atom is 0.348 e. The summed E-state index contributed by atoms with van der Waals surface area (Å²) in [5, 5.41) is 3.53. The number of hydrogen-bond donors (Lipinski definition) is 1. The lowest BCUT2D eigenvalue weighted by molar-refractivity contribution is -0.119. The zero-order valence-corrected chi connectivity index (χ0v) is 18.3. The number of benzene rings is 1. The lowest BCUT2D eigenvalue weighted by Crippen LogP contribution is -2.18. The number of fused-ring (bicyclic) bond motifs is 1. The van der Waals surface area contributed by atoms with E-state index in [9.17, 15) is 14.4 Å². The highest BCUT2D eigenvalue weighted by Gasteiger charge is 2.17. The van der Waals surface area contributed by atoms with Crippen LogP contribution in [0.4, 0.5) is 0 Å². The molecule has 0 bridgehead atoms. The number of carbonyl (C=O) groups excluding carboxylic acids is 3. The Bertz CT molecular complexity index is 1200. The number of thiophene rings is 2. The molecule has 30 heavy (non-hydrogen) atoms. The van der Waals surface area contributed by atoms with Crippen molar-refractivity contribution in [3.8, 4) is 9.88 Å². The fraction of sp³-hybridized carbons (Fsp3) is 0.143. The third kappa shape index (κ3) is 4.64. The van der Waals surface area contributed by atoms with Crippen LogP contribution in [-0.2, 0) is 16.1 Å². The first kappa shape index (κ1) is 20.4. The number of esters is 1. The Morgan fingerprint density at radius 1 is 0.967 bits per heavy atom. The molecule has 3 heterocycles. The lowest BCUT2D eigenvalue weighted by atomic mass is 10.3. The molecule has 0 aliphatic rings. The molecule has 0 saturated heterocycles. The predicted octanol–water partition coefficient (Wildman–Crippen LogP) is 4.76. The Labute approximate surface area is 184 Å². The second-order valence-electron chi connectivity index (χ2n) is 6.33. The Morgan fingerprint density at radius 3 is 2.57 bits per heavy atom. The van der Waals surface area contributed by atoms with Crippen LogP contribution in [0.25, 0.3) is 20.1 Å². The summed E-state index contributed by atoms with van der Waals surface area (Å²) in [5.74, 6) is -0.938. The van der Waals surface area contributed by atoms with Crippen molar-refractivity contribution in [1.82, 2.24) is 10.3 Å². The molecule has 4 rings (SSSR count). The zero-order valence-electron chi connectivity index (χ0n) is 15.8. The third-order valence-electron chi connectivity index (χ3n) is 4.09. The molecule has 1 amide bonds. The Balaban J connectivity index is 1.36. The topological polar surface area (TPSA) is 85.4 Å². The molecule has 152 valence electrons. The Morgan fingerprint density at radius 2 is 1.77 bits per heavy atom. The minimum absolute atomic E-state index is 0.133. The number of thiazole rings is 1. The molecule has 0 aliphatic carbocycles. The average Bonchev–Trinajstić information content (AvgIpc) is 3.48. The van der Waals surface area contributed by atoms with Gasteiger partial charge in [-0.1, -0.05) is 12.1 Å². The van der Waals surface area contributed by atoms with Gasteiger partial charge in [0.2, 0.25) is 11.7 Å². The summed E-state index contributed by atoms with van der Waals surface area (Å²) in [7, 11) is 0. The number of nitrogens with zero attached hydrogens (tertiary/aromatic N) is 1. The minimum atomic E-state index is -0.532. The first-order valence-electron chi connectivity index (χ1n) is 8.99. The summed E-state index contributed by atoms with van der Waals surface area (Å²) in [6.07, 6.45) is 0. The molecule has 0 spiro atoms. The van der Waals surface area contributed by atoms with Gasteiger partial charge in [0.1, 0.15) is 9.88 Å². The summed E-state index contributed by atoms with van der Waals surface area (Å²) < 4.78 is 6.29. The second kappa shape index (κ2) is 8.86. The fourth-order valence-corrected chi connectivity index (χ4v) is 5.44. The van der Waals surface area contributed by atoms with Gasteiger partial charge >= 0.3 is 5.97 Å². The molecule has 6 nitrogen and oxygen atoms in total. The normalized spacial score (nSPS) is 10.8. The fourth-order valence-electron chi connectivity index (χ4n) is 2.65. The smallest absolute Gasteiger partial charge is 0.348 e. The number of aromatic nitrogens is 1. The van der Waals surface area contributed by atoms with Crippen molar-refractivity contribution in [2.24, 2.45) is 0 Å². The molecule has 0 aliphatic heterocycles. The Hall–Kier alpha value is -2.88. The first-order valence-corrected chi connectivity index (χ1v) is 11.4. The number of nitrogens with one attached hydrogen (secondary N) is 1. The molecule has 9 heteroatoms. The van der Waals surface area contributed by atoms with E-state index in [-0.39, 0.29) is 18.3 Å². The van der Waals surface area contributed by atoms with Gasteiger partial charge in [0.25, 0.3) is 0 Å². The molecule has 0 unspecified atom stereocenters. The van der Waals surface area contributed by atoms with Crippen molar-refractivity contribution in [3.63, 3.8) is 0 Å². The van der Waals surface area contributed by atoms with Crippen LogP contribution in [0.15, 0.2) is 48.5 Å². The van der Waals surface area contributed by atoms with Crippen LogP contribution in [0, 0.1) is 0 Å². The van der Waals surface area contributed by atoms with Gasteiger partial charge in [-0.3, -0.25) is 9.59 Å².